The third kappa shape index (κ3) is 4.02. The summed E-state index contributed by atoms with van der Waals surface area (Å²) < 4.78 is 0. The molecule has 1 saturated heterocycles. The molecule has 0 unspecified atom stereocenters. The van der Waals surface area contributed by atoms with E-state index < -0.39 is 0 Å². The zero-order chi connectivity index (χ0) is 16.4. The van der Waals surface area contributed by atoms with Crippen LogP contribution in [0.25, 0.3) is 10.2 Å². The molecular weight excluding hydrogens is 364 g/mol. The molecule has 132 valence electrons. The molecule has 1 aliphatic rings. The number of hydrogen-bond acceptors (Lipinski definition) is 6. The number of fused-ring (bicyclic) bond motifs is 1. The van der Waals surface area contributed by atoms with Crippen molar-refractivity contribution in [3.05, 3.63) is 16.8 Å². The van der Waals surface area contributed by atoms with E-state index >= 15 is 0 Å². The van der Waals surface area contributed by atoms with E-state index in [1.807, 2.05) is 4.90 Å². The fourth-order valence-electron chi connectivity index (χ4n) is 2.85. The highest BCUT2D eigenvalue weighted by atomic mass is 35.5. The van der Waals surface area contributed by atoms with Crippen molar-refractivity contribution in [1.82, 2.24) is 20.2 Å². The Bertz CT molecular complexity index is 721. The number of piperazine rings is 1. The molecule has 0 spiro atoms. The largest absolute Gasteiger partial charge is 0.337 e. The molecule has 0 radical (unpaired) electrons. The number of thiophene rings is 1. The Morgan fingerprint density at radius 2 is 2.25 bits per heavy atom. The van der Waals surface area contributed by atoms with Crippen molar-refractivity contribution in [2.45, 2.75) is 38.3 Å². The molecule has 0 saturated carbocycles. The van der Waals surface area contributed by atoms with Crippen LogP contribution >= 0.6 is 35.5 Å². The Hall–Kier alpha value is -0.890. The minimum Gasteiger partial charge on any atom is -0.337 e. The van der Waals surface area contributed by atoms with Gasteiger partial charge in [-0.15, -0.1) is 35.5 Å². The lowest BCUT2D eigenvalue weighted by Crippen LogP contribution is -2.52. The summed E-state index contributed by atoms with van der Waals surface area (Å²) in [7, 11) is 0. The highest BCUT2D eigenvalue weighted by molar-refractivity contribution is 7.99. The fourth-order valence-corrected chi connectivity index (χ4v) is 4.90. The van der Waals surface area contributed by atoms with Gasteiger partial charge in [-0.05, 0) is 26.3 Å². The van der Waals surface area contributed by atoms with Gasteiger partial charge in [0.1, 0.15) is 16.2 Å². The summed E-state index contributed by atoms with van der Waals surface area (Å²) in [5.41, 5.74) is 1.26. The summed E-state index contributed by atoms with van der Waals surface area (Å²) in [6.45, 7) is 8.93. The molecular formula is C16H23ClN4OS2. The Balaban J connectivity index is 0.00000208. The van der Waals surface area contributed by atoms with Crippen molar-refractivity contribution in [2.24, 2.45) is 0 Å². The van der Waals surface area contributed by atoms with Gasteiger partial charge in [0.25, 0.3) is 0 Å². The second-order valence-electron chi connectivity index (χ2n) is 5.88. The highest BCUT2D eigenvalue weighted by Crippen LogP contribution is 2.34. The molecule has 8 heteroatoms. The number of hydrogen-bond donors (Lipinski definition) is 1. The number of aryl methyl sites for hydroxylation is 2. The molecule has 1 aliphatic heterocycles. The Labute approximate surface area is 157 Å². The number of carbonyl (C=O) groups excluding carboxylic acids is 1. The molecule has 3 heterocycles. The maximum atomic E-state index is 12.4. The molecule has 1 atom stereocenters. The first-order valence-electron chi connectivity index (χ1n) is 7.91. The van der Waals surface area contributed by atoms with Crippen LogP contribution in [0.1, 0.15) is 23.8 Å². The summed E-state index contributed by atoms with van der Waals surface area (Å²) in [6.07, 6.45) is 2.18. The van der Waals surface area contributed by atoms with E-state index in [1.54, 1.807) is 29.4 Å². The number of aromatic nitrogens is 2. The van der Waals surface area contributed by atoms with Crippen molar-refractivity contribution in [1.29, 1.82) is 0 Å². The number of nitrogens with zero attached hydrogens (tertiary/aromatic N) is 3. The third-order valence-electron chi connectivity index (χ3n) is 4.31. The van der Waals surface area contributed by atoms with Crippen molar-refractivity contribution in [3.63, 3.8) is 0 Å². The fraction of sp³-hybridized carbons (Fsp3) is 0.562. The number of thioether (sulfide) groups is 1. The monoisotopic (exact) mass is 386 g/mol. The minimum atomic E-state index is 0. The highest BCUT2D eigenvalue weighted by Gasteiger charge is 2.22. The molecule has 0 aliphatic carbocycles. The molecule has 24 heavy (non-hydrogen) atoms. The number of halogens is 1. The van der Waals surface area contributed by atoms with E-state index in [0.717, 1.165) is 40.6 Å². The molecule has 5 nitrogen and oxygen atoms in total. The molecule has 0 bridgehead atoms. The number of carbonyl (C=O) groups is 1. The molecule has 2 aromatic rings. The zero-order valence-electron chi connectivity index (χ0n) is 14.2. The van der Waals surface area contributed by atoms with Crippen LogP contribution in [0.15, 0.2) is 11.4 Å². The molecule has 0 aromatic carbocycles. The maximum Gasteiger partial charge on any atom is 0.223 e. The summed E-state index contributed by atoms with van der Waals surface area (Å²) in [4.78, 5) is 25.5. The van der Waals surface area contributed by atoms with Crippen LogP contribution in [-0.2, 0) is 4.79 Å². The third-order valence-corrected chi connectivity index (χ3v) is 6.41. The van der Waals surface area contributed by atoms with Crippen LogP contribution in [0, 0.1) is 13.8 Å². The first-order valence-corrected chi connectivity index (χ1v) is 9.72. The van der Waals surface area contributed by atoms with E-state index in [4.69, 9.17) is 0 Å². The van der Waals surface area contributed by atoms with Crippen LogP contribution in [0.3, 0.4) is 0 Å². The zero-order valence-corrected chi connectivity index (χ0v) is 16.6. The first-order chi connectivity index (χ1) is 11.1. The van der Waals surface area contributed by atoms with Gasteiger partial charge in [-0.25, -0.2) is 9.97 Å². The van der Waals surface area contributed by atoms with Gasteiger partial charge in [0.2, 0.25) is 5.91 Å². The van der Waals surface area contributed by atoms with Crippen LogP contribution in [-0.4, -0.2) is 52.2 Å². The predicted octanol–water partition coefficient (Wildman–Crippen LogP) is 3.03. The van der Waals surface area contributed by atoms with E-state index in [9.17, 15) is 4.79 Å². The van der Waals surface area contributed by atoms with Crippen molar-refractivity contribution in [2.75, 3.05) is 25.4 Å². The average molecular weight is 387 g/mol. The smallest absolute Gasteiger partial charge is 0.223 e. The molecule has 1 N–H and O–H groups in total. The number of amides is 1. The van der Waals surface area contributed by atoms with Gasteiger partial charge in [0.05, 0.1) is 0 Å². The number of rotatable bonds is 4. The van der Waals surface area contributed by atoms with Crippen molar-refractivity contribution < 1.29 is 4.79 Å². The van der Waals surface area contributed by atoms with Crippen LogP contribution in [0.2, 0.25) is 0 Å². The first kappa shape index (κ1) is 19.4. The van der Waals surface area contributed by atoms with Gasteiger partial charge >= 0.3 is 0 Å². The average Bonchev–Trinajstić information content (AvgIpc) is 2.83. The Morgan fingerprint density at radius 3 is 3.00 bits per heavy atom. The summed E-state index contributed by atoms with van der Waals surface area (Å²) >= 11 is 3.37. The van der Waals surface area contributed by atoms with Crippen LogP contribution in [0.5, 0.6) is 0 Å². The topological polar surface area (TPSA) is 58.1 Å². The lowest BCUT2D eigenvalue weighted by Gasteiger charge is -2.34. The van der Waals surface area contributed by atoms with Crippen LogP contribution in [0.4, 0.5) is 0 Å². The summed E-state index contributed by atoms with van der Waals surface area (Å²) in [5, 5.41) is 5.47. The molecule has 1 fully saturated rings. The van der Waals surface area contributed by atoms with E-state index in [-0.39, 0.29) is 24.4 Å². The van der Waals surface area contributed by atoms with Gasteiger partial charge in [-0.3, -0.25) is 4.79 Å². The molecule has 3 rings (SSSR count). The van der Waals surface area contributed by atoms with Crippen LogP contribution < -0.4 is 5.32 Å². The molecule has 1 amide bonds. The lowest BCUT2D eigenvalue weighted by atomic mass is 10.2. The van der Waals surface area contributed by atoms with E-state index in [2.05, 4.69) is 36.1 Å². The normalized spacial score (nSPS) is 17.8. The van der Waals surface area contributed by atoms with Crippen molar-refractivity contribution >= 4 is 51.6 Å². The summed E-state index contributed by atoms with van der Waals surface area (Å²) in [5.74, 6) is 1.01. The SMILES string of the molecule is Cc1sc2ncnc(SCCC(=O)N3CCNC[C@@H]3C)c2c1C.Cl. The molecule has 2 aromatic heterocycles. The lowest BCUT2D eigenvalue weighted by molar-refractivity contribution is -0.133. The van der Waals surface area contributed by atoms with Gasteiger partial charge in [0.15, 0.2) is 0 Å². The Morgan fingerprint density at radius 1 is 1.46 bits per heavy atom. The van der Waals surface area contributed by atoms with Gasteiger partial charge < -0.3 is 10.2 Å². The second kappa shape index (κ2) is 8.47. The van der Waals surface area contributed by atoms with Gasteiger partial charge in [-0.1, -0.05) is 0 Å². The van der Waals surface area contributed by atoms with Gasteiger partial charge in [0, 0.05) is 48.1 Å². The maximum absolute atomic E-state index is 12.4. The second-order valence-corrected chi connectivity index (χ2v) is 8.17. The standard InChI is InChI=1S/C16H22N4OS2.ClH/c1-10-8-17-5-6-20(10)13(21)4-7-22-15-14-11(2)12(3)23-16(14)19-9-18-15;/h9-10,17H,4-8H2,1-3H3;1H/t10-;/m0./s1. The van der Waals surface area contributed by atoms with E-state index in [0.29, 0.717) is 6.42 Å². The van der Waals surface area contributed by atoms with Gasteiger partial charge in [-0.2, -0.15) is 0 Å². The Kier molecular flexibility index (Phi) is 6.86. The predicted molar refractivity (Wildman–Crippen MR) is 104 cm³/mol. The summed E-state index contributed by atoms with van der Waals surface area (Å²) in [6, 6.07) is 0.286. The van der Waals surface area contributed by atoms with Crippen molar-refractivity contribution in [3.8, 4) is 0 Å². The minimum absolute atomic E-state index is 0. The quantitative estimate of drug-likeness (QED) is 0.646. The van der Waals surface area contributed by atoms with E-state index in [1.165, 1.54) is 10.4 Å². The number of nitrogens with one attached hydrogen (secondary N) is 1.